The van der Waals surface area contributed by atoms with Crippen LogP contribution in [-0.4, -0.2) is 18.3 Å². The molecule has 1 aliphatic carbocycles. The molecule has 0 saturated carbocycles. The van der Waals surface area contributed by atoms with Gasteiger partial charge in [-0.25, -0.2) is 0 Å². The highest BCUT2D eigenvalue weighted by atomic mass is 16.7. The van der Waals surface area contributed by atoms with Crippen LogP contribution in [0, 0.1) is 11.8 Å². The molecule has 2 nitrogen and oxygen atoms in total. The summed E-state index contributed by atoms with van der Waals surface area (Å²) in [5.74, 6) is 1.40. The minimum Gasteiger partial charge on any atom is -0.399 e. The van der Waals surface area contributed by atoms with E-state index in [0.29, 0.717) is 11.8 Å². The third-order valence-electron chi connectivity index (χ3n) is 8.11. The monoisotopic (exact) mass is 432 g/mol. The summed E-state index contributed by atoms with van der Waals surface area (Å²) in [5, 5.41) is 0. The van der Waals surface area contributed by atoms with Crippen molar-refractivity contribution in [3.8, 4) is 11.1 Å². The molecule has 0 aromatic heterocycles. The number of benzene rings is 2. The third-order valence-corrected chi connectivity index (χ3v) is 8.11. The second-order valence-corrected chi connectivity index (χ2v) is 11.9. The second kappa shape index (κ2) is 8.33. The van der Waals surface area contributed by atoms with Crippen LogP contribution in [-0.2, 0) is 14.7 Å². The van der Waals surface area contributed by atoms with Crippen molar-refractivity contribution in [1.82, 2.24) is 0 Å². The first-order chi connectivity index (χ1) is 15.0. The Morgan fingerprint density at radius 3 is 1.81 bits per heavy atom. The van der Waals surface area contributed by atoms with Crippen molar-refractivity contribution in [2.75, 3.05) is 0 Å². The smallest absolute Gasteiger partial charge is 0.399 e. The molecule has 32 heavy (non-hydrogen) atoms. The Bertz CT molecular complexity index is 945. The molecule has 0 amide bonds. The summed E-state index contributed by atoms with van der Waals surface area (Å²) in [7, 11) is -0.321. The summed E-state index contributed by atoms with van der Waals surface area (Å²) >= 11 is 0. The lowest BCUT2D eigenvalue weighted by Gasteiger charge is -2.34. The van der Waals surface area contributed by atoms with Crippen LogP contribution in [0.4, 0.5) is 0 Å². The van der Waals surface area contributed by atoms with Crippen molar-refractivity contribution in [2.24, 2.45) is 11.8 Å². The fourth-order valence-electron chi connectivity index (χ4n) is 5.34. The van der Waals surface area contributed by atoms with Gasteiger partial charge in [-0.1, -0.05) is 70.2 Å². The molecule has 1 saturated heterocycles. The summed E-state index contributed by atoms with van der Waals surface area (Å²) in [5.41, 5.74) is 6.37. The zero-order chi connectivity index (χ0) is 23.3. The molecule has 0 N–H and O–H groups in total. The van der Waals surface area contributed by atoms with Crippen molar-refractivity contribution in [3.63, 3.8) is 0 Å². The van der Waals surface area contributed by atoms with E-state index >= 15 is 0 Å². The molecule has 0 radical (unpaired) electrons. The summed E-state index contributed by atoms with van der Waals surface area (Å²) in [6.07, 6.45) is 4.89. The lowest BCUT2D eigenvalue weighted by Crippen LogP contribution is -2.41. The van der Waals surface area contributed by atoms with E-state index in [-0.39, 0.29) is 23.7 Å². The molecule has 0 spiro atoms. The van der Waals surface area contributed by atoms with Gasteiger partial charge in [0.25, 0.3) is 0 Å². The first-order valence-corrected chi connectivity index (χ1v) is 12.6. The lowest BCUT2D eigenvalue weighted by molar-refractivity contribution is 0.00578. The molecule has 0 bridgehead atoms. The van der Waals surface area contributed by atoms with Gasteiger partial charge >= 0.3 is 7.12 Å². The minimum atomic E-state index is -0.327. The highest BCUT2D eigenvalue weighted by Gasteiger charge is 2.52. The highest BCUT2D eigenvalue weighted by Crippen LogP contribution is 2.54. The van der Waals surface area contributed by atoms with Crippen LogP contribution in [0.1, 0.15) is 92.2 Å². The summed E-state index contributed by atoms with van der Waals surface area (Å²) in [6, 6.07) is 16.1. The van der Waals surface area contributed by atoms with Crippen LogP contribution in [0.3, 0.4) is 0 Å². The first-order valence-electron chi connectivity index (χ1n) is 12.6. The molecular formula is C29H41BO2. The number of fused-ring (bicyclic) bond motifs is 3. The van der Waals surface area contributed by atoms with E-state index in [1.165, 1.54) is 47.9 Å². The summed E-state index contributed by atoms with van der Waals surface area (Å²) < 4.78 is 12.8. The molecule has 2 aromatic rings. The van der Waals surface area contributed by atoms with Gasteiger partial charge in [0.05, 0.1) is 11.2 Å². The fraction of sp³-hybridized carbons (Fsp3) is 0.586. The van der Waals surface area contributed by atoms with Crippen LogP contribution < -0.4 is 5.46 Å². The highest BCUT2D eigenvalue weighted by molar-refractivity contribution is 6.62. The van der Waals surface area contributed by atoms with Crippen LogP contribution in [0.15, 0.2) is 42.5 Å². The van der Waals surface area contributed by atoms with Gasteiger partial charge in [-0.05, 0) is 92.9 Å². The van der Waals surface area contributed by atoms with E-state index in [2.05, 4.69) is 97.9 Å². The maximum absolute atomic E-state index is 6.39. The zero-order valence-corrected chi connectivity index (χ0v) is 21.4. The van der Waals surface area contributed by atoms with Crippen LogP contribution in [0.25, 0.3) is 11.1 Å². The van der Waals surface area contributed by atoms with Gasteiger partial charge in [0.15, 0.2) is 0 Å². The van der Waals surface area contributed by atoms with Gasteiger partial charge in [0, 0.05) is 5.41 Å². The molecule has 4 rings (SSSR count). The van der Waals surface area contributed by atoms with Crippen molar-refractivity contribution in [1.29, 1.82) is 0 Å². The van der Waals surface area contributed by atoms with E-state index in [0.717, 1.165) is 5.46 Å². The molecule has 0 atom stereocenters. The van der Waals surface area contributed by atoms with Gasteiger partial charge in [0.1, 0.15) is 0 Å². The molecule has 1 fully saturated rings. The number of hydrogen-bond donors (Lipinski definition) is 0. The predicted molar refractivity (Wildman–Crippen MR) is 137 cm³/mol. The van der Waals surface area contributed by atoms with Crippen LogP contribution in [0.2, 0.25) is 0 Å². The number of hydrogen-bond acceptors (Lipinski definition) is 2. The van der Waals surface area contributed by atoms with Crippen molar-refractivity contribution in [3.05, 3.63) is 53.6 Å². The second-order valence-electron chi connectivity index (χ2n) is 11.9. The molecule has 172 valence electrons. The first kappa shape index (κ1) is 23.6. The van der Waals surface area contributed by atoms with Crippen molar-refractivity contribution >= 4 is 12.6 Å². The van der Waals surface area contributed by atoms with Gasteiger partial charge in [-0.15, -0.1) is 0 Å². The minimum absolute atomic E-state index is 0.106. The molecule has 1 heterocycles. The third kappa shape index (κ3) is 3.97. The van der Waals surface area contributed by atoms with Crippen LogP contribution in [0.5, 0.6) is 0 Å². The molecule has 2 aromatic carbocycles. The standard InChI is InChI=1S/C29H41BO2/c1-20(2)15-17-29(18-16-21(3)4)25-12-10-9-11-23(25)24-19-22(13-14-26(24)29)30-31-27(5,6)28(7,8)32-30/h9-14,19-21H,15-18H2,1-8H3. The number of rotatable bonds is 7. The Morgan fingerprint density at radius 1 is 0.719 bits per heavy atom. The van der Waals surface area contributed by atoms with E-state index in [4.69, 9.17) is 9.31 Å². The molecule has 2 aliphatic rings. The van der Waals surface area contributed by atoms with Gasteiger partial charge in [-0.2, -0.15) is 0 Å². The Hall–Kier alpha value is -1.58. The van der Waals surface area contributed by atoms with E-state index in [9.17, 15) is 0 Å². The molecule has 1 aliphatic heterocycles. The Morgan fingerprint density at radius 2 is 1.25 bits per heavy atom. The maximum atomic E-state index is 6.39. The molecular weight excluding hydrogens is 391 g/mol. The van der Waals surface area contributed by atoms with E-state index in [1.807, 2.05) is 0 Å². The van der Waals surface area contributed by atoms with E-state index < -0.39 is 0 Å². The quantitative estimate of drug-likeness (QED) is 0.434. The van der Waals surface area contributed by atoms with Crippen molar-refractivity contribution < 1.29 is 9.31 Å². The fourth-order valence-corrected chi connectivity index (χ4v) is 5.34. The molecule has 3 heteroatoms. The largest absolute Gasteiger partial charge is 0.494 e. The van der Waals surface area contributed by atoms with Gasteiger partial charge in [-0.3, -0.25) is 0 Å². The van der Waals surface area contributed by atoms with E-state index in [1.54, 1.807) is 0 Å². The van der Waals surface area contributed by atoms with Crippen LogP contribution >= 0.6 is 0 Å². The maximum Gasteiger partial charge on any atom is 0.494 e. The summed E-state index contributed by atoms with van der Waals surface area (Å²) in [4.78, 5) is 0. The zero-order valence-electron chi connectivity index (χ0n) is 21.4. The average Bonchev–Trinajstić information content (AvgIpc) is 3.12. The Kier molecular flexibility index (Phi) is 6.14. The van der Waals surface area contributed by atoms with Gasteiger partial charge in [0.2, 0.25) is 0 Å². The summed E-state index contributed by atoms with van der Waals surface area (Å²) in [6.45, 7) is 17.9. The average molecular weight is 432 g/mol. The normalized spacial score (nSPS) is 20.1. The molecule has 0 unspecified atom stereocenters. The lowest BCUT2D eigenvalue weighted by atomic mass is 9.69. The topological polar surface area (TPSA) is 18.5 Å². The Balaban J connectivity index is 1.80. The van der Waals surface area contributed by atoms with Crippen molar-refractivity contribution in [2.45, 2.75) is 97.7 Å². The predicted octanol–water partition coefficient (Wildman–Crippen LogP) is 7.12. The SMILES string of the molecule is CC(C)CCC1(CCC(C)C)c2ccccc2-c2cc(B3OC(C)(C)C(C)(C)O3)ccc21. The Labute approximate surface area is 196 Å². The van der Waals surface area contributed by atoms with Gasteiger partial charge < -0.3 is 9.31 Å².